The fraction of sp³-hybridized carbons (Fsp3) is 0.500. The van der Waals surface area contributed by atoms with E-state index in [1.807, 2.05) is 30.3 Å². The second-order valence-electron chi connectivity index (χ2n) is 9.54. The normalized spacial score (nSPS) is 20.7. The molecule has 35 heavy (non-hydrogen) atoms. The number of alkyl halides is 2. The zero-order chi connectivity index (χ0) is 24.2. The number of pyridine rings is 1. The van der Waals surface area contributed by atoms with Crippen LogP contribution in [0.25, 0.3) is 10.9 Å². The lowest BCUT2D eigenvalue weighted by Gasteiger charge is -2.32. The molecular weight excluding hydrogens is 468 g/mol. The Kier molecular flexibility index (Phi) is 7.53. The quantitative estimate of drug-likeness (QED) is 0.451. The highest BCUT2D eigenvalue weighted by Gasteiger charge is 2.25. The number of fused-ring (bicyclic) bond motifs is 2. The first-order valence-electron chi connectivity index (χ1n) is 12.4. The number of benzene rings is 1. The minimum absolute atomic E-state index is 0.0122. The molecule has 0 bridgehead atoms. The van der Waals surface area contributed by atoms with Crippen molar-refractivity contribution in [3.63, 3.8) is 0 Å². The molecule has 3 heterocycles. The Morgan fingerprint density at radius 1 is 1.17 bits per heavy atom. The summed E-state index contributed by atoms with van der Waals surface area (Å²) in [5, 5.41) is 7.49. The molecule has 1 aliphatic carbocycles. The highest BCUT2D eigenvalue weighted by Crippen LogP contribution is 2.31. The van der Waals surface area contributed by atoms with E-state index in [1.165, 1.54) is 16.2 Å². The van der Waals surface area contributed by atoms with Gasteiger partial charge in [0.15, 0.2) is 5.13 Å². The molecule has 0 unspecified atom stereocenters. The third-order valence-electron chi connectivity index (χ3n) is 7.14. The van der Waals surface area contributed by atoms with Crippen LogP contribution in [0.5, 0.6) is 0 Å². The van der Waals surface area contributed by atoms with Gasteiger partial charge in [0.25, 0.3) is 12.3 Å². The van der Waals surface area contributed by atoms with Crippen LogP contribution in [0.4, 0.5) is 13.9 Å². The highest BCUT2D eigenvalue weighted by molar-refractivity contribution is 7.15. The number of nitrogens with one attached hydrogen (secondary N) is 2. The summed E-state index contributed by atoms with van der Waals surface area (Å²) in [6, 6.07) is 9.72. The number of carbonyl (C=O) groups excluding carboxylic acids is 1. The third-order valence-corrected chi connectivity index (χ3v) is 8.26. The van der Waals surface area contributed by atoms with Crippen LogP contribution in [0.3, 0.4) is 0 Å². The molecule has 0 radical (unpaired) electrons. The number of rotatable bonds is 8. The van der Waals surface area contributed by atoms with Gasteiger partial charge >= 0.3 is 0 Å². The Morgan fingerprint density at radius 3 is 2.86 bits per heavy atom. The standard InChI is InChI=1S/C26H31F2N5OS/c27-24(28)15-30-26-32-22-16-33(14-11-23(22)35-26)13-10-17-6-8-18(9-7-17)31-25(34)20-3-1-5-21-19(20)4-2-12-29-21/h1-5,12,17-18,24H,6-11,13-16H2,(H,30,32)(H,31,34). The molecule has 1 fully saturated rings. The molecule has 1 saturated carbocycles. The van der Waals surface area contributed by atoms with Gasteiger partial charge in [-0.1, -0.05) is 12.1 Å². The second kappa shape index (κ2) is 11.0. The molecule has 1 aliphatic heterocycles. The average Bonchev–Trinajstić information content (AvgIpc) is 3.29. The lowest BCUT2D eigenvalue weighted by molar-refractivity contribution is 0.0921. The zero-order valence-corrected chi connectivity index (χ0v) is 20.5. The number of thiazole rings is 1. The topological polar surface area (TPSA) is 70.2 Å². The molecule has 2 aliphatic rings. The summed E-state index contributed by atoms with van der Waals surface area (Å²) in [5.74, 6) is 0.659. The van der Waals surface area contributed by atoms with E-state index in [4.69, 9.17) is 0 Å². The third kappa shape index (κ3) is 5.95. The number of amides is 1. The van der Waals surface area contributed by atoms with Crippen molar-refractivity contribution >= 4 is 33.3 Å². The number of anilines is 1. The van der Waals surface area contributed by atoms with E-state index in [0.29, 0.717) is 16.6 Å². The summed E-state index contributed by atoms with van der Waals surface area (Å²) >= 11 is 1.51. The number of halogens is 2. The number of hydrogen-bond acceptors (Lipinski definition) is 6. The second-order valence-corrected chi connectivity index (χ2v) is 10.6. The van der Waals surface area contributed by atoms with Gasteiger partial charge in [-0.3, -0.25) is 14.7 Å². The van der Waals surface area contributed by atoms with Gasteiger partial charge in [0.1, 0.15) is 0 Å². The van der Waals surface area contributed by atoms with Crippen LogP contribution < -0.4 is 10.6 Å². The molecule has 2 aromatic heterocycles. The van der Waals surface area contributed by atoms with Crippen LogP contribution in [0.1, 0.15) is 53.0 Å². The Labute approximate surface area is 208 Å². The SMILES string of the molecule is O=C(NC1CCC(CCN2CCc3sc(NCC(F)F)nc3C2)CC1)c1cccc2ncccc12. The molecule has 9 heteroatoms. The maximum absolute atomic E-state index is 12.9. The van der Waals surface area contributed by atoms with Crippen molar-refractivity contribution in [1.29, 1.82) is 0 Å². The van der Waals surface area contributed by atoms with Gasteiger partial charge in [-0.05, 0) is 69.2 Å². The van der Waals surface area contributed by atoms with Crippen LogP contribution >= 0.6 is 11.3 Å². The Hall–Kier alpha value is -2.65. The van der Waals surface area contributed by atoms with E-state index in [-0.39, 0.29) is 18.5 Å². The molecule has 0 spiro atoms. The van der Waals surface area contributed by atoms with Crippen molar-refractivity contribution in [2.75, 3.05) is 25.0 Å². The zero-order valence-electron chi connectivity index (χ0n) is 19.7. The minimum atomic E-state index is -2.37. The number of aromatic nitrogens is 2. The van der Waals surface area contributed by atoms with Gasteiger partial charge in [0.05, 0.1) is 17.8 Å². The highest BCUT2D eigenvalue weighted by atomic mass is 32.1. The summed E-state index contributed by atoms with van der Waals surface area (Å²) in [4.78, 5) is 25.5. The van der Waals surface area contributed by atoms with Crippen molar-refractivity contribution in [3.8, 4) is 0 Å². The molecule has 2 N–H and O–H groups in total. The first-order valence-corrected chi connectivity index (χ1v) is 13.2. The molecule has 0 saturated heterocycles. The summed E-state index contributed by atoms with van der Waals surface area (Å²) in [6.07, 6.45) is 5.72. The maximum atomic E-state index is 12.9. The van der Waals surface area contributed by atoms with E-state index in [2.05, 4.69) is 25.5 Å². The van der Waals surface area contributed by atoms with Crippen LogP contribution in [0.15, 0.2) is 36.5 Å². The fourth-order valence-corrected chi connectivity index (χ4v) is 6.17. The first kappa shape index (κ1) is 24.1. The molecular formula is C26H31F2N5OS. The largest absolute Gasteiger partial charge is 0.356 e. The summed E-state index contributed by atoms with van der Waals surface area (Å²) < 4.78 is 24.9. The number of carbonyl (C=O) groups is 1. The maximum Gasteiger partial charge on any atom is 0.255 e. The predicted octanol–water partition coefficient (Wildman–Crippen LogP) is 5.11. The van der Waals surface area contributed by atoms with Gasteiger partial charge in [-0.15, -0.1) is 11.3 Å². The lowest BCUT2D eigenvalue weighted by atomic mass is 9.84. The van der Waals surface area contributed by atoms with Crippen molar-refractivity contribution in [2.45, 2.75) is 57.5 Å². The minimum Gasteiger partial charge on any atom is -0.356 e. The molecule has 1 aromatic carbocycles. The van der Waals surface area contributed by atoms with E-state index >= 15 is 0 Å². The van der Waals surface area contributed by atoms with Crippen molar-refractivity contribution in [1.82, 2.24) is 20.2 Å². The Bertz CT molecular complexity index is 1160. The number of hydrogen-bond donors (Lipinski definition) is 2. The van der Waals surface area contributed by atoms with Gasteiger partial charge in [-0.2, -0.15) is 0 Å². The summed E-state index contributed by atoms with van der Waals surface area (Å²) in [6.45, 7) is 2.47. The predicted molar refractivity (Wildman–Crippen MR) is 135 cm³/mol. The van der Waals surface area contributed by atoms with E-state index < -0.39 is 6.43 Å². The Balaban J connectivity index is 1.06. The van der Waals surface area contributed by atoms with Crippen molar-refractivity contribution < 1.29 is 13.6 Å². The van der Waals surface area contributed by atoms with Crippen LogP contribution in [0.2, 0.25) is 0 Å². The monoisotopic (exact) mass is 499 g/mol. The van der Waals surface area contributed by atoms with Crippen LogP contribution in [-0.2, 0) is 13.0 Å². The Morgan fingerprint density at radius 2 is 2.03 bits per heavy atom. The van der Waals surface area contributed by atoms with E-state index in [0.717, 1.165) is 74.8 Å². The lowest BCUT2D eigenvalue weighted by Crippen LogP contribution is -2.38. The summed E-state index contributed by atoms with van der Waals surface area (Å²) in [7, 11) is 0. The van der Waals surface area contributed by atoms with E-state index in [9.17, 15) is 13.6 Å². The molecule has 3 aromatic rings. The molecule has 0 atom stereocenters. The van der Waals surface area contributed by atoms with Crippen LogP contribution in [0, 0.1) is 5.92 Å². The average molecular weight is 500 g/mol. The van der Waals surface area contributed by atoms with Crippen LogP contribution in [-0.4, -0.2) is 52.9 Å². The summed E-state index contributed by atoms with van der Waals surface area (Å²) in [5.41, 5.74) is 2.57. The smallest absolute Gasteiger partial charge is 0.255 e. The fourth-order valence-electron chi connectivity index (χ4n) is 5.21. The molecule has 186 valence electrons. The van der Waals surface area contributed by atoms with Gasteiger partial charge < -0.3 is 10.6 Å². The molecule has 6 nitrogen and oxygen atoms in total. The first-order chi connectivity index (χ1) is 17.0. The van der Waals surface area contributed by atoms with Crippen molar-refractivity contribution in [2.24, 2.45) is 5.92 Å². The molecule has 1 amide bonds. The van der Waals surface area contributed by atoms with E-state index in [1.54, 1.807) is 6.20 Å². The van der Waals surface area contributed by atoms with Gasteiger partial charge in [0, 0.05) is 41.2 Å². The molecule has 5 rings (SSSR count). The van der Waals surface area contributed by atoms with Crippen molar-refractivity contribution in [3.05, 3.63) is 52.7 Å². The van der Waals surface area contributed by atoms with Gasteiger partial charge in [-0.25, -0.2) is 13.8 Å². The number of nitrogens with zero attached hydrogens (tertiary/aromatic N) is 3. The van der Waals surface area contributed by atoms with Gasteiger partial charge in [0.2, 0.25) is 0 Å².